The summed E-state index contributed by atoms with van der Waals surface area (Å²) in [6.45, 7) is 5.18. The second kappa shape index (κ2) is 5.57. The van der Waals surface area contributed by atoms with E-state index in [1.165, 1.54) is 0 Å². The SMILES string of the molecule is C[C@@H]1COC[C@H](C)N1C(=O)c1cc(N(C)C)ccn1. The summed E-state index contributed by atoms with van der Waals surface area (Å²) >= 11 is 0. The maximum absolute atomic E-state index is 12.6. The van der Waals surface area contributed by atoms with Gasteiger partial charge in [-0.05, 0) is 26.0 Å². The van der Waals surface area contributed by atoms with Crippen molar-refractivity contribution in [3.8, 4) is 0 Å². The van der Waals surface area contributed by atoms with Gasteiger partial charge in [-0.2, -0.15) is 0 Å². The van der Waals surface area contributed by atoms with E-state index >= 15 is 0 Å². The van der Waals surface area contributed by atoms with Gasteiger partial charge in [-0.15, -0.1) is 0 Å². The molecule has 1 aromatic rings. The first kappa shape index (κ1) is 13.8. The van der Waals surface area contributed by atoms with Crippen molar-refractivity contribution in [1.29, 1.82) is 0 Å². The van der Waals surface area contributed by atoms with E-state index in [9.17, 15) is 4.79 Å². The molecule has 1 amide bonds. The molecule has 0 aliphatic carbocycles. The fraction of sp³-hybridized carbons (Fsp3) is 0.571. The predicted molar refractivity (Wildman–Crippen MR) is 74.5 cm³/mol. The van der Waals surface area contributed by atoms with Gasteiger partial charge in [0, 0.05) is 26.0 Å². The Morgan fingerprint density at radius 2 is 2.00 bits per heavy atom. The highest BCUT2D eigenvalue weighted by molar-refractivity contribution is 5.93. The minimum Gasteiger partial charge on any atom is -0.378 e. The van der Waals surface area contributed by atoms with Crippen LogP contribution in [0.1, 0.15) is 24.3 Å². The van der Waals surface area contributed by atoms with Crippen LogP contribution in [0.25, 0.3) is 0 Å². The lowest BCUT2D eigenvalue weighted by Crippen LogP contribution is -2.52. The summed E-state index contributed by atoms with van der Waals surface area (Å²) < 4.78 is 5.45. The third kappa shape index (κ3) is 2.87. The van der Waals surface area contributed by atoms with Crippen molar-refractivity contribution in [2.75, 3.05) is 32.2 Å². The molecule has 0 aromatic carbocycles. The fourth-order valence-electron chi connectivity index (χ4n) is 2.35. The first-order valence-electron chi connectivity index (χ1n) is 6.54. The van der Waals surface area contributed by atoms with Gasteiger partial charge in [0.15, 0.2) is 0 Å². The molecule has 19 heavy (non-hydrogen) atoms. The highest BCUT2D eigenvalue weighted by Crippen LogP contribution is 2.18. The fourth-order valence-corrected chi connectivity index (χ4v) is 2.35. The number of anilines is 1. The molecular formula is C14H21N3O2. The third-order valence-corrected chi connectivity index (χ3v) is 3.38. The number of nitrogens with zero attached hydrogens (tertiary/aromatic N) is 3. The number of rotatable bonds is 2. The molecule has 2 rings (SSSR count). The first-order chi connectivity index (χ1) is 9.00. The number of amides is 1. The topological polar surface area (TPSA) is 45.7 Å². The van der Waals surface area contributed by atoms with Gasteiger partial charge in [0.25, 0.3) is 5.91 Å². The van der Waals surface area contributed by atoms with E-state index < -0.39 is 0 Å². The molecular weight excluding hydrogens is 242 g/mol. The van der Waals surface area contributed by atoms with Gasteiger partial charge in [-0.25, -0.2) is 0 Å². The van der Waals surface area contributed by atoms with Crippen LogP contribution >= 0.6 is 0 Å². The lowest BCUT2D eigenvalue weighted by atomic mass is 10.1. The van der Waals surface area contributed by atoms with Crippen molar-refractivity contribution >= 4 is 11.6 Å². The van der Waals surface area contributed by atoms with E-state index in [2.05, 4.69) is 4.98 Å². The first-order valence-corrected chi connectivity index (χ1v) is 6.54. The molecule has 0 unspecified atom stereocenters. The van der Waals surface area contributed by atoms with E-state index in [0.717, 1.165) is 5.69 Å². The summed E-state index contributed by atoms with van der Waals surface area (Å²) in [4.78, 5) is 20.6. The van der Waals surface area contributed by atoms with Crippen LogP contribution in [0.15, 0.2) is 18.3 Å². The molecule has 1 saturated heterocycles. The lowest BCUT2D eigenvalue weighted by molar-refractivity contribution is -0.0252. The number of morpholine rings is 1. The molecule has 5 heteroatoms. The summed E-state index contributed by atoms with van der Waals surface area (Å²) in [5, 5.41) is 0. The van der Waals surface area contributed by atoms with Crippen LogP contribution in [0.5, 0.6) is 0 Å². The average molecular weight is 263 g/mol. The largest absolute Gasteiger partial charge is 0.378 e. The van der Waals surface area contributed by atoms with Crippen molar-refractivity contribution < 1.29 is 9.53 Å². The second-order valence-corrected chi connectivity index (χ2v) is 5.24. The molecule has 0 bridgehead atoms. The average Bonchev–Trinajstić information content (AvgIpc) is 2.38. The lowest BCUT2D eigenvalue weighted by Gasteiger charge is -2.38. The number of aromatic nitrogens is 1. The second-order valence-electron chi connectivity index (χ2n) is 5.24. The number of hydrogen-bond donors (Lipinski definition) is 0. The number of pyridine rings is 1. The van der Waals surface area contributed by atoms with E-state index in [-0.39, 0.29) is 18.0 Å². The molecule has 1 aromatic heterocycles. The molecule has 2 heterocycles. The van der Waals surface area contributed by atoms with Gasteiger partial charge in [-0.3, -0.25) is 9.78 Å². The Hall–Kier alpha value is -1.62. The van der Waals surface area contributed by atoms with Gasteiger partial charge in [0.2, 0.25) is 0 Å². The summed E-state index contributed by atoms with van der Waals surface area (Å²) in [6.07, 6.45) is 1.68. The highest BCUT2D eigenvalue weighted by Gasteiger charge is 2.31. The molecule has 1 fully saturated rings. The van der Waals surface area contributed by atoms with E-state index in [1.54, 1.807) is 6.20 Å². The summed E-state index contributed by atoms with van der Waals surface area (Å²) in [7, 11) is 3.90. The zero-order valence-electron chi connectivity index (χ0n) is 12.0. The Labute approximate surface area is 114 Å². The van der Waals surface area contributed by atoms with Gasteiger partial charge in [0.05, 0.1) is 25.3 Å². The smallest absolute Gasteiger partial charge is 0.273 e. The standard InChI is InChI=1S/C14H21N3O2/c1-10-8-19-9-11(2)17(10)14(18)13-7-12(16(3)4)5-6-15-13/h5-7,10-11H,8-9H2,1-4H3/t10-,11+. The molecule has 2 atom stereocenters. The molecule has 104 valence electrons. The summed E-state index contributed by atoms with van der Waals surface area (Å²) in [6, 6.07) is 3.89. The van der Waals surface area contributed by atoms with E-state index in [0.29, 0.717) is 18.9 Å². The van der Waals surface area contributed by atoms with Crippen LogP contribution in [0, 0.1) is 0 Å². The summed E-state index contributed by atoms with van der Waals surface area (Å²) in [5.41, 5.74) is 1.47. The van der Waals surface area contributed by atoms with Crippen molar-refractivity contribution in [3.05, 3.63) is 24.0 Å². The van der Waals surface area contributed by atoms with Gasteiger partial charge in [0.1, 0.15) is 5.69 Å². The van der Waals surface area contributed by atoms with E-state index in [1.807, 2.05) is 49.9 Å². The minimum atomic E-state index is -0.0213. The molecule has 1 aliphatic heterocycles. The summed E-state index contributed by atoms with van der Waals surface area (Å²) in [5.74, 6) is -0.0213. The van der Waals surface area contributed by atoms with Crippen LogP contribution in [0.3, 0.4) is 0 Å². The molecule has 5 nitrogen and oxygen atoms in total. The number of ether oxygens (including phenoxy) is 1. The van der Waals surface area contributed by atoms with Crippen LogP contribution in [0.2, 0.25) is 0 Å². The Kier molecular flexibility index (Phi) is 4.04. The Balaban J connectivity index is 2.25. The molecule has 1 aliphatic rings. The molecule has 0 spiro atoms. The highest BCUT2D eigenvalue weighted by atomic mass is 16.5. The van der Waals surface area contributed by atoms with Crippen molar-refractivity contribution in [2.24, 2.45) is 0 Å². The van der Waals surface area contributed by atoms with Crippen molar-refractivity contribution in [3.63, 3.8) is 0 Å². The monoisotopic (exact) mass is 263 g/mol. The predicted octanol–water partition coefficient (Wildman–Crippen LogP) is 1.40. The van der Waals surface area contributed by atoms with Gasteiger partial charge < -0.3 is 14.5 Å². The maximum atomic E-state index is 12.6. The van der Waals surface area contributed by atoms with Crippen LogP contribution < -0.4 is 4.90 Å². The van der Waals surface area contributed by atoms with Gasteiger partial charge in [-0.1, -0.05) is 0 Å². The number of carbonyl (C=O) groups excluding carboxylic acids is 1. The van der Waals surface area contributed by atoms with Crippen LogP contribution in [-0.4, -0.2) is 55.2 Å². The number of carbonyl (C=O) groups is 1. The van der Waals surface area contributed by atoms with Crippen LogP contribution in [-0.2, 0) is 4.74 Å². The Morgan fingerprint density at radius 1 is 1.37 bits per heavy atom. The third-order valence-electron chi connectivity index (χ3n) is 3.38. The molecule has 0 saturated carbocycles. The van der Waals surface area contributed by atoms with Crippen LogP contribution in [0.4, 0.5) is 5.69 Å². The number of hydrogen-bond acceptors (Lipinski definition) is 4. The van der Waals surface area contributed by atoms with Gasteiger partial charge >= 0.3 is 0 Å². The molecule has 0 radical (unpaired) electrons. The zero-order valence-corrected chi connectivity index (χ0v) is 12.0. The van der Waals surface area contributed by atoms with Crippen molar-refractivity contribution in [1.82, 2.24) is 9.88 Å². The Morgan fingerprint density at radius 3 is 2.58 bits per heavy atom. The quantitative estimate of drug-likeness (QED) is 0.809. The molecule has 0 N–H and O–H groups in total. The Bertz CT molecular complexity index is 452. The normalized spacial score (nSPS) is 23.3. The van der Waals surface area contributed by atoms with E-state index in [4.69, 9.17) is 4.74 Å². The minimum absolute atomic E-state index is 0.0213. The maximum Gasteiger partial charge on any atom is 0.273 e. The zero-order chi connectivity index (χ0) is 14.0. The van der Waals surface area contributed by atoms with Crippen molar-refractivity contribution in [2.45, 2.75) is 25.9 Å².